The van der Waals surface area contributed by atoms with Gasteiger partial charge in [-0.2, -0.15) is 0 Å². The molecule has 82 valence electrons. The zero-order chi connectivity index (χ0) is 10.7. The average Bonchev–Trinajstić information content (AvgIpc) is 2.65. The van der Waals surface area contributed by atoms with Crippen LogP contribution in [0, 0.1) is 0 Å². The largest absolute Gasteiger partial charge is 0.384 e. The minimum absolute atomic E-state index is 0.578. The molecule has 2 nitrogen and oxygen atoms in total. The highest BCUT2D eigenvalue weighted by atomic mass is 14.9. The van der Waals surface area contributed by atoms with Crippen LogP contribution >= 0.6 is 0 Å². The molecule has 15 heavy (non-hydrogen) atoms. The van der Waals surface area contributed by atoms with Crippen LogP contribution in [-0.4, -0.2) is 19.1 Å². The van der Waals surface area contributed by atoms with Gasteiger partial charge < -0.3 is 10.6 Å². The molecule has 0 unspecified atom stereocenters. The summed E-state index contributed by atoms with van der Waals surface area (Å²) < 4.78 is 0. The first kappa shape index (κ1) is 10.5. The lowest BCUT2D eigenvalue weighted by molar-refractivity contribution is 0.590. The van der Waals surface area contributed by atoms with Crippen molar-refractivity contribution in [1.82, 2.24) is 5.32 Å². The molecule has 0 atom stereocenters. The van der Waals surface area contributed by atoms with Gasteiger partial charge in [0.2, 0.25) is 0 Å². The van der Waals surface area contributed by atoms with Crippen LogP contribution < -0.4 is 10.6 Å². The Balaban J connectivity index is 2.00. The minimum Gasteiger partial charge on any atom is -0.384 e. The summed E-state index contributed by atoms with van der Waals surface area (Å²) in [7, 11) is 0. The lowest BCUT2D eigenvalue weighted by Crippen LogP contribution is -2.25. The Morgan fingerprint density at radius 1 is 1.40 bits per heavy atom. The Morgan fingerprint density at radius 3 is 3.07 bits per heavy atom. The number of fused-ring (bicyclic) bond motifs is 1. The molecule has 1 aliphatic heterocycles. The summed E-state index contributed by atoms with van der Waals surface area (Å²) in [6.07, 6.45) is 2.30. The van der Waals surface area contributed by atoms with Crippen molar-refractivity contribution in [2.24, 2.45) is 0 Å². The van der Waals surface area contributed by atoms with Crippen LogP contribution in [-0.2, 0) is 12.8 Å². The molecular formula is C13H20N2. The van der Waals surface area contributed by atoms with Crippen molar-refractivity contribution >= 4 is 5.69 Å². The molecule has 0 spiro atoms. The van der Waals surface area contributed by atoms with E-state index in [1.807, 2.05) is 0 Å². The van der Waals surface area contributed by atoms with E-state index in [9.17, 15) is 0 Å². The first-order valence-corrected chi connectivity index (χ1v) is 5.85. The summed E-state index contributed by atoms with van der Waals surface area (Å²) in [6.45, 7) is 6.54. The Bertz CT molecular complexity index is 331. The summed E-state index contributed by atoms with van der Waals surface area (Å²) in [5, 5.41) is 6.94. The van der Waals surface area contributed by atoms with E-state index in [1.165, 1.54) is 23.2 Å². The van der Waals surface area contributed by atoms with Crippen molar-refractivity contribution in [2.45, 2.75) is 32.7 Å². The van der Waals surface area contributed by atoms with Crippen molar-refractivity contribution < 1.29 is 0 Å². The van der Waals surface area contributed by atoms with Crippen LogP contribution in [0.15, 0.2) is 18.2 Å². The standard InChI is InChI=1S/C13H20N2/c1-10(2)14-8-6-11-4-3-5-12-7-9-15-13(11)12/h3-5,10,14-15H,6-9H2,1-2H3. The van der Waals surface area contributed by atoms with Crippen LogP contribution in [0.25, 0.3) is 0 Å². The van der Waals surface area contributed by atoms with E-state index in [4.69, 9.17) is 0 Å². The van der Waals surface area contributed by atoms with Gasteiger partial charge in [-0.25, -0.2) is 0 Å². The molecule has 2 rings (SSSR count). The van der Waals surface area contributed by atoms with Gasteiger partial charge in [-0.1, -0.05) is 32.0 Å². The lowest BCUT2D eigenvalue weighted by Gasteiger charge is -2.11. The Labute approximate surface area is 92.1 Å². The van der Waals surface area contributed by atoms with Crippen molar-refractivity contribution in [3.63, 3.8) is 0 Å². The summed E-state index contributed by atoms with van der Waals surface area (Å²) in [5.41, 5.74) is 4.33. The van der Waals surface area contributed by atoms with E-state index in [2.05, 4.69) is 42.7 Å². The number of hydrogen-bond donors (Lipinski definition) is 2. The fourth-order valence-electron chi connectivity index (χ4n) is 2.11. The highest BCUT2D eigenvalue weighted by Crippen LogP contribution is 2.26. The number of rotatable bonds is 4. The smallest absolute Gasteiger partial charge is 0.0406 e. The summed E-state index contributed by atoms with van der Waals surface area (Å²) in [4.78, 5) is 0. The van der Waals surface area contributed by atoms with E-state index < -0.39 is 0 Å². The van der Waals surface area contributed by atoms with Crippen LogP contribution in [0.4, 0.5) is 5.69 Å². The van der Waals surface area contributed by atoms with Crippen LogP contribution in [0.3, 0.4) is 0 Å². The molecule has 0 aromatic heterocycles. The van der Waals surface area contributed by atoms with Gasteiger partial charge in [0.25, 0.3) is 0 Å². The molecule has 1 aliphatic rings. The lowest BCUT2D eigenvalue weighted by atomic mass is 10.1. The van der Waals surface area contributed by atoms with Crippen molar-refractivity contribution in [3.8, 4) is 0 Å². The van der Waals surface area contributed by atoms with Gasteiger partial charge in [0.1, 0.15) is 0 Å². The summed E-state index contributed by atoms with van der Waals surface area (Å²) in [6, 6.07) is 7.22. The van der Waals surface area contributed by atoms with Crippen LogP contribution in [0.1, 0.15) is 25.0 Å². The molecule has 1 aromatic rings. The molecule has 0 radical (unpaired) electrons. The maximum absolute atomic E-state index is 3.48. The molecule has 2 heteroatoms. The van der Waals surface area contributed by atoms with E-state index in [0.29, 0.717) is 6.04 Å². The maximum atomic E-state index is 3.48. The highest BCUT2D eigenvalue weighted by molar-refractivity contribution is 5.61. The molecule has 2 N–H and O–H groups in total. The minimum atomic E-state index is 0.578. The number of para-hydroxylation sites is 1. The molecule has 0 saturated carbocycles. The van der Waals surface area contributed by atoms with Gasteiger partial charge >= 0.3 is 0 Å². The zero-order valence-corrected chi connectivity index (χ0v) is 9.64. The number of benzene rings is 1. The number of hydrogen-bond acceptors (Lipinski definition) is 2. The molecular weight excluding hydrogens is 184 g/mol. The van der Waals surface area contributed by atoms with Crippen molar-refractivity contribution in [1.29, 1.82) is 0 Å². The average molecular weight is 204 g/mol. The fourth-order valence-corrected chi connectivity index (χ4v) is 2.11. The van der Waals surface area contributed by atoms with Gasteiger partial charge in [0.15, 0.2) is 0 Å². The Morgan fingerprint density at radius 2 is 2.27 bits per heavy atom. The third-order valence-corrected chi connectivity index (χ3v) is 2.88. The van der Waals surface area contributed by atoms with Crippen molar-refractivity contribution in [2.75, 3.05) is 18.4 Å². The third kappa shape index (κ3) is 2.51. The summed E-state index contributed by atoms with van der Waals surface area (Å²) >= 11 is 0. The van der Waals surface area contributed by atoms with E-state index in [0.717, 1.165) is 19.5 Å². The molecule has 0 saturated heterocycles. The Hall–Kier alpha value is -1.02. The zero-order valence-electron chi connectivity index (χ0n) is 9.64. The first-order valence-electron chi connectivity index (χ1n) is 5.85. The van der Waals surface area contributed by atoms with Gasteiger partial charge in [-0.3, -0.25) is 0 Å². The predicted molar refractivity (Wildman–Crippen MR) is 65.5 cm³/mol. The van der Waals surface area contributed by atoms with Gasteiger partial charge in [0.05, 0.1) is 0 Å². The predicted octanol–water partition coefficient (Wildman–Crippen LogP) is 2.20. The molecule has 0 fully saturated rings. The number of nitrogens with one attached hydrogen (secondary N) is 2. The SMILES string of the molecule is CC(C)NCCc1cccc2c1NCC2. The van der Waals surface area contributed by atoms with E-state index >= 15 is 0 Å². The normalized spacial score (nSPS) is 14.1. The van der Waals surface area contributed by atoms with Gasteiger partial charge in [-0.05, 0) is 30.5 Å². The molecule has 0 bridgehead atoms. The molecule has 1 heterocycles. The first-order chi connectivity index (χ1) is 7.27. The second-order valence-corrected chi connectivity index (χ2v) is 4.49. The molecule has 1 aromatic carbocycles. The maximum Gasteiger partial charge on any atom is 0.0406 e. The Kier molecular flexibility index (Phi) is 3.27. The van der Waals surface area contributed by atoms with Crippen LogP contribution in [0.2, 0.25) is 0 Å². The third-order valence-electron chi connectivity index (χ3n) is 2.88. The second kappa shape index (κ2) is 4.67. The summed E-state index contributed by atoms with van der Waals surface area (Å²) in [5.74, 6) is 0. The van der Waals surface area contributed by atoms with E-state index in [-0.39, 0.29) is 0 Å². The van der Waals surface area contributed by atoms with E-state index in [1.54, 1.807) is 0 Å². The fraction of sp³-hybridized carbons (Fsp3) is 0.538. The van der Waals surface area contributed by atoms with Gasteiger partial charge in [0, 0.05) is 18.3 Å². The topological polar surface area (TPSA) is 24.1 Å². The monoisotopic (exact) mass is 204 g/mol. The number of anilines is 1. The molecule has 0 aliphatic carbocycles. The highest BCUT2D eigenvalue weighted by Gasteiger charge is 2.12. The van der Waals surface area contributed by atoms with Crippen LogP contribution in [0.5, 0.6) is 0 Å². The molecule has 0 amide bonds. The second-order valence-electron chi connectivity index (χ2n) is 4.49. The van der Waals surface area contributed by atoms with Crippen molar-refractivity contribution in [3.05, 3.63) is 29.3 Å². The quantitative estimate of drug-likeness (QED) is 0.785. The van der Waals surface area contributed by atoms with Gasteiger partial charge in [-0.15, -0.1) is 0 Å².